The van der Waals surface area contributed by atoms with Crippen LogP contribution in [0, 0.1) is 0 Å². The number of methoxy groups -OCH3 is 1. The van der Waals surface area contributed by atoms with Gasteiger partial charge in [0.15, 0.2) is 0 Å². The van der Waals surface area contributed by atoms with Crippen LogP contribution in [0.2, 0.25) is 0 Å². The second kappa shape index (κ2) is 5.53. The Labute approximate surface area is 105 Å². The number of aromatic nitrogens is 1. The fraction of sp³-hybridized carbons (Fsp3) is 0.385. The number of unbranched alkanes of at least 4 members (excludes halogenated alkanes) is 1. The number of benzene rings is 1. The highest BCUT2D eigenvalue weighted by atomic mass is 16.5. The predicted molar refractivity (Wildman–Crippen MR) is 70.2 cm³/mol. The molecule has 2 rings (SSSR count). The van der Waals surface area contributed by atoms with Gasteiger partial charge < -0.3 is 14.5 Å². The van der Waals surface area contributed by atoms with Gasteiger partial charge in [0.25, 0.3) is 6.01 Å². The number of rotatable bonds is 5. The van der Waals surface area contributed by atoms with Gasteiger partial charge in [0.1, 0.15) is 11.1 Å². The van der Waals surface area contributed by atoms with Crippen molar-refractivity contribution in [3.05, 3.63) is 28.6 Å². The molecule has 5 nitrogen and oxygen atoms in total. The molecule has 0 spiro atoms. The maximum absolute atomic E-state index is 11.9. The number of nitrogens with zero attached hydrogens (tertiary/aromatic N) is 1. The lowest BCUT2D eigenvalue weighted by Gasteiger charge is -2.06. The Hall–Kier alpha value is -2.04. The predicted octanol–water partition coefficient (Wildman–Crippen LogP) is 2.41. The Balaban J connectivity index is 2.41. The molecule has 0 radical (unpaired) electrons. The number of ether oxygens (including phenoxy) is 1. The third-order valence-electron chi connectivity index (χ3n) is 2.65. The van der Waals surface area contributed by atoms with E-state index in [1.807, 2.05) is 0 Å². The van der Waals surface area contributed by atoms with Crippen molar-refractivity contribution in [1.82, 2.24) is 4.98 Å². The summed E-state index contributed by atoms with van der Waals surface area (Å²) >= 11 is 0. The van der Waals surface area contributed by atoms with Crippen LogP contribution in [0.5, 0.6) is 5.75 Å². The van der Waals surface area contributed by atoms with Gasteiger partial charge in [-0.3, -0.25) is 0 Å². The van der Waals surface area contributed by atoms with E-state index in [0.717, 1.165) is 19.4 Å². The molecule has 0 bridgehead atoms. The minimum atomic E-state index is -0.434. The van der Waals surface area contributed by atoms with E-state index < -0.39 is 5.63 Å². The summed E-state index contributed by atoms with van der Waals surface area (Å²) in [7, 11) is 1.52. The first-order valence-electron chi connectivity index (χ1n) is 5.98. The molecular formula is C13H16N2O3. The summed E-state index contributed by atoms with van der Waals surface area (Å²) < 4.78 is 10.2. The minimum Gasteiger partial charge on any atom is -0.496 e. The summed E-state index contributed by atoms with van der Waals surface area (Å²) in [6, 6.07) is 5.53. The Morgan fingerprint density at radius 1 is 1.44 bits per heavy atom. The fourth-order valence-electron chi connectivity index (χ4n) is 1.71. The lowest BCUT2D eigenvalue weighted by atomic mass is 10.2. The molecule has 0 aliphatic heterocycles. The highest BCUT2D eigenvalue weighted by molar-refractivity contribution is 5.84. The lowest BCUT2D eigenvalue weighted by Crippen LogP contribution is -2.09. The van der Waals surface area contributed by atoms with E-state index in [1.165, 1.54) is 7.11 Å². The van der Waals surface area contributed by atoms with Gasteiger partial charge in [-0.25, -0.2) is 4.79 Å². The molecule has 0 aliphatic carbocycles. The van der Waals surface area contributed by atoms with E-state index >= 15 is 0 Å². The van der Waals surface area contributed by atoms with E-state index in [2.05, 4.69) is 17.2 Å². The fourth-order valence-corrected chi connectivity index (χ4v) is 1.71. The van der Waals surface area contributed by atoms with Crippen LogP contribution in [-0.2, 0) is 0 Å². The van der Waals surface area contributed by atoms with Gasteiger partial charge in [-0.05, 0) is 18.6 Å². The largest absolute Gasteiger partial charge is 0.496 e. The van der Waals surface area contributed by atoms with Crippen molar-refractivity contribution in [2.45, 2.75) is 19.8 Å². The summed E-state index contributed by atoms with van der Waals surface area (Å²) in [6.45, 7) is 2.83. The minimum absolute atomic E-state index is 0.259. The van der Waals surface area contributed by atoms with Gasteiger partial charge in [-0.1, -0.05) is 19.4 Å². The highest BCUT2D eigenvalue weighted by Crippen LogP contribution is 2.21. The van der Waals surface area contributed by atoms with Gasteiger partial charge in [0, 0.05) is 6.54 Å². The van der Waals surface area contributed by atoms with Gasteiger partial charge >= 0.3 is 5.63 Å². The second-order valence-corrected chi connectivity index (χ2v) is 3.94. The Morgan fingerprint density at radius 3 is 3.00 bits per heavy atom. The summed E-state index contributed by atoms with van der Waals surface area (Å²) in [6.07, 6.45) is 2.07. The van der Waals surface area contributed by atoms with E-state index in [-0.39, 0.29) is 6.01 Å². The third kappa shape index (κ3) is 2.45. The number of nitrogens with one attached hydrogen (secondary N) is 1. The summed E-state index contributed by atoms with van der Waals surface area (Å²) in [5.41, 5.74) is 0.140. The smallest absolute Gasteiger partial charge is 0.351 e. The molecule has 1 N–H and O–H groups in total. The Morgan fingerprint density at radius 2 is 2.28 bits per heavy atom. The first kappa shape index (κ1) is 12.4. The second-order valence-electron chi connectivity index (χ2n) is 3.94. The molecule has 18 heavy (non-hydrogen) atoms. The number of anilines is 1. The molecule has 0 fully saturated rings. The van der Waals surface area contributed by atoms with E-state index in [9.17, 15) is 4.79 Å². The standard InChI is InChI=1S/C13H16N2O3/c1-3-4-8-14-13-15-9-6-5-7-10(17-2)11(9)12(16)18-13/h5-7H,3-4,8H2,1-2H3,(H,14,15). The molecule has 2 aromatic rings. The number of fused-ring (bicyclic) bond motifs is 1. The van der Waals surface area contributed by atoms with Crippen molar-refractivity contribution < 1.29 is 9.15 Å². The average Bonchev–Trinajstić information content (AvgIpc) is 2.38. The van der Waals surface area contributed by atoms with Crippen molar-refractivity contribution in [1.29, 1.82) is 0 Å². The molecule has 0 amide bonds. The van der Waals surface area contributed by atoms with Gasteiger partial charge in [-0.15, -0.1) is 0 Å². The molecule has 1 heterocycles. The van der Waals surface area contributed by atoms with Crippen LogP contribution in [-0.4, -0.2) is 18.6 Å². The van der Waals surface area contributed by atoms with Crippen LogP contribution in [0.15, 0.2) is 27.4 Å². The van der Waals surface area contributed by atoms with Crippen LogP contribution in [0.1, 0.15) is 19.8 Å². The maximum atomic E-state index is 11.9. The van der Waals surface area contributed by atoms with Crippen molar-refractivity contribution in [3.63, 3.8) is 0 Å². The zero-order valence-corrected chi connectivity index (χ0v) is 10.5. The summed E-state index contributed by atoms with van der Waals surface area (Å²) in [4.78, 5) is 16.1. The van der Waals surface area contributed by atoms with Crippen LogP contribution in [0.3, 0.4) is 0 Å². The molecular weight excluding hydrogens is 232 g/mol. The van der Waals surface area contributed by atoms with Crippen molar-refractivity contribution in [3.8, 4) is 5.75 Å². The summed E-state index contributed by atoms with van der Waals surface area (Å²) in [5.74, 6) is 0.480. The zero-order valence-electron chi connectivity index (χ0n) is 10.5. The van der Waals surface area contributed by atoms with E-state index in [0.29, 0.717) is 16.7 Å². The van der Waals surface area contributed by atoms with E-state index in [1.54, 1.807) is 18.2 Å². The number of hydrogen-bond donors (Lipinski definition) is 1. The molecule has 96 valence electrons. The molecule has 0 aliphatic rings. The first-order valence-corrected chi connectivity index (χ1v) is 5.98. The van der Waals surface area contributed by atoms with Crippen LogP contribution < -0.4 is 15.7 Å². The quantitative estimate of drug-likeness (QED) is 0.823. The van der Waals surface area contributed by atoms with Gasteiger partial charge in [0.05, 0.1) is 12.6 Å². The Bertz CT molecular complexity index is 592. The monoisotopic (exact) mass is 248 g/mol. The highest BCUT2D eigenvalue weighted by Gasteiger charge is 2.10. The third-order valence-corrected chi connectivity index (χ3v) is 2.65. The molecule has 1 aromatic carbocycles. The maximum Gasteiger partial charge on any atom is 0.351 e. The topological polar surface area (TPSA) is 64.4 Å². The SMILES string of the molecule is CCCCNc1nc2cccc(OC)c2c(=O)o1. The van der Waals surface area contributed by atoms with Crippen LogP contribution in [0.4, 0.5) is 6.01 Å². The molecule has 5 heteroatoms. The van der Waals surface area contributed by atoms with Gasteiger partial charge in [-0.2, -0.15) is 4.98 Å². The van der Waals surface area contributed by atoms with E-state index in [4.69, 9.17) is 9.15 Å². The normalized spacial score (nSPS) is 10.6. The van der Waals surface area contributed by atoms with Crippen molar-refractivity contribution in [2.24, 2.45) is 0 Å². The summed E-state index contributed by atoms with van der Waals surface area (Å²) in [5, 5.41) is 3.37. The lowest BCUT2D eigenvalue weighted by molar-refractivity contribution is 0.416. The molecule has 0 unspecified atom stereocenters. The molecule has 0 saturated carbocycles. The van der Waals surface area contributed by atoms with Crippen molar-refractivity contribution >= 4 is 16.9 Å². The number of hydrogen-bond acceptors (Lipinski definition) is 5. The average molecular weight is 248 g/mol. The van der Waals surface area contributed by atoms with Gasteiger partial charge in [0.2, 0.25) is 0 Å². The zero-order chi connectivity index (χ0) is 13.0. The molecule has 0 saturated heterocycles. The van der Waals surface area contributed by atoms with Crippen LogP contribution in [0.25, 0.3) is 10.9 Å². The van der Waals surface area contributed by atoms with Crippen LogP contribution >= 0.6 is 0 Å². The first-order chi connectivity index (χ1) is 8.76. The van der Waals surface area contributed by atoms with Crippen molar-refractivity contribution in [2.75, 3.05) is 19.0 Å². The Kier molecular flexibility index (Phi) is 3.82. The molecule has 1 aromatic heterocycles. The molecule has 0 atom stereocenters.